The molecular weight excluding hydrogens is 360 g/mol. The lowest BCUT2D eigenvalue weighted by molar-refractivity contribution is -0.141. The van der Waals surface area contributed by atoms with E-state index in [0.717, 1.165) is 37.0 Å². The fourth-order valence-electron chi connectivity index (χ4n) is 4.80. The molecule has 8 nitrogen and oxygen atoms in total. The molecule has 3 heterocycles. The molecule has 4 rings (SSSR count). The highest BCUT2D eigenvalue weighted by molar-refractivity contribution is 5.78. The van der Waals surface area contributed by atoms with Crippen LogP contribution in [0.1, 0.15) is 44.2 Å². The van der Waals surface area contributed by atoms with Gasteiger partial charge in [0.2, 0.25) is 5.91 Å². The normalized spacial score (nSPS) is 24.1. The monoisotopic (exact) mass is 386 g/mol. The van der Waals surface area contributed by atoms with Crippen molar-refractivity contribution in [3.8, 4) is 0 Å². The molecule has 2 fully saturated rings. The summed E-state index contributed by atoms with van der Waals surface area (Å²) in [7, 11) is 0. The van der Waals surface area contributed by atoms with Gasteiger partial charge in [-0.05, 0) is 24.7 Å². The number of imidazole rings is 1. The van der Waals surface area contributed by atoms with Crippen molar-refractivity contribution in [2.75, 3.05) is 13.1 Å². The van der Waals surface area contributed by atoms with E-state index in [2.05, 4.69) is 9.97 Å². The molecule has 0 spiro atoms. The summed E-state index contributed by atoms with van der Waals surface area (Å²) in [5.41, 5.74) is 1.20. The zero-order valence-electron chi connectivity index (χ0n) is 15.8. The van der Waals surface area contributed by atoms with Gasteiger partial charge in [-0.25, -0.2) is 4.98 Å². The molecule has 2 N–H and O–H groups in total. The van der Waals surface area contributed by atoms with Gasteiger partial charge in [0.15, 0.2) is 5.65 Å². The second kappa shape index (κ2) is 7.50. The van der Waals surface area contributed by atoms with Gasteiger partial charge in [0.25, 0.3) is 0 Å². The van der Waals surface area contributed by atoms with Gasteiger partial charge in [-0.15, -0.1) is 0 Å². The van der Waals surface area contributed by atoms with E-state index in [1.54, 1.807) is 17.3 Å². The summed E-state index contributed by atoms with van der Waals surface area (Å²) >= 11 is 0. The number of aromatic nitrogens is 3. The van der Waals surface area contributed by atoms with E-state index in [1.165, 1.54) is 0 Å². The van der Waals surface area contributed by atoms with Crippen LogP contribution < -0.4 is 0 Å². The van der Waals surface area contributed by atoms with Gasteiger partial charge in [0.05, 0.1) is 24.4 Å². The molecule has 0 unspecified atom stereocenters. The number of carbonyl (C=O) groups excluding carboxylic acids is 1. The number of carboxylic acids is 1. The number of carboxylic acid groups (broad SMARTS) is 1. The maximum Gasteiger partial charge on any atom is 0.303 e. The first-order valence-corrected chi connectivity index (χ1v) is 9.89. The Hall–Kier alpha value is -2.48. The van der Waals surface area contributed by atoms with Crippen LogP contribution in [0.4, 0.5) is 0 Å². The highest BCUT2D eigenvalue weighted by Crippen LogP contribution is 2.44. The molecular formula is C20H26N4O4. The van der Waals surface area contributed by atoms with Crippen molar-refractivity contribution in [1.29, 1.82) is 0 Å². The summed E-state index contributed by atoms with van der Waals surface area (Å²) in [6, 6.07) is 0. The van der Waals surface area contributed by atoms with E-state index >= 15 is 0 Å². The zero-order chi connectivity index (χ0) is 19.7. The van der Waals surface area contributed by atoms with Crippen LogP contribution in [0.5, 0.6) is 0 Å². The van der Waals surface area contributed by atoms with Crippen molar-refractivity contribution in [1.82, 2.24) is 19.3 Å². The Bertz CT molecular complexity index is 874. The van der Waals surface area contributed by atoms with Crippen LogP contribution in [0, 0.1) is 11.3 Å². The molecule has 1 aliphatic heterocycles. The van der Waals surface area contributed by atoms with Crippen LogP contribution in [0.3, 0.4) is 0 Å². The quantitative estimate of drug-likeness (QED) is 0.779. The van der Waals surface area contributed by atoms with Crippen molar-refractivity contribution in [2.45, 2.75) is 51.0 Å². The fraction of sp³-hybridized carbons (Fsp3) is 0.600. The first-order valence-electron chi connectivity index (χ1n) is 9.89. The lowest BCUT2D eigenvalue weighted by atomic mass is 9.79. The van der Waals surface area contributed by atoms with Crippen LogP contribution in [-0.4, -0.2) is 60.6 Å². The number of aliphatic hydroxyl groups excluding tert-OH is 1. The second-order valence-corrected chi connectivity index (χ2v) is 8.36. The van der Waals surface area contributed by atoms with Crippen LogP contribution in [-0.2, 0) is 16.0 Å². The first-order chi connectivity index (χ1) is 13.4. The number of aliphatic hydroxyl groups is 1. The van der Waals surface area contributed by atoms with Crippen molar-refractivity contribution >= 4 is 17.5 Å². The third-order valence-corrected chi connectivity index (χ3v) is 6.28. The standard InChI is InChI=1S/C20H26N4O4/c25-16-13-24(18(26)8-20(9-19(27)28)3-1-2-4-20)11-14(16)7-15-12-23-6-5-21-17(23)10-22-15/h5-6,10,12,14,16,25H,1-4,7-9,11,13H2,(H,27,28)/t14-,16+/m0/s1. The lowest BCUT2D eigenvalue weighted by Crippen LogP contribution is -2.35. The van der Waals surface area contributed by atoms with Crippen LogP contribution >= 0.6 is 0 Å². The average molecular weight is 386 g/mol. The van der Waals surface area contributed by atoms with Crippen LogP contribution in [0.2, 0.25) is 0 Å². The molecule has 1 amide bonds. The Balaban J connectivity index is 1.40. The number of β-amino-alcohol motifs (C(OH)–C–C–N with tert-alkyl or cyclic N) is 1. The van der Waals surface area contributed by atoms with Crippen molar-refractivity contribution in [2.24, 2.45) is 11.3 Å². The Morgan fingerprint density at radius 3 is 2.71 bits per heavy atom. The van der Waals surface area contributed by atoms with Gasteiger partial charge in [0.1, 0.15) is 0 Å². The number of carbonyl (C=O) groups is 2. The van der Waals surface area contributed by atoms with E-state index in [1.807, 2.05) is 16.8 Å². The Morgan fingerprint density at radius 2 is 1.96 bits per heavy atom. The van der Waals surface area contributed by atoms with Crippen molar-refractivity contribution in [3.05, 3.63) is 30.5 Å². The third-order valence-electron chi connectivity index (χ3n) is 6.28. The minimum Gasteiger partial charge on any atom is -0.481 e. The van der Waals surface area contributed by atoms with Gasteiger partial charge in [-0.2, -0.15) is 0 Å². The molecule has 28 heavy (non-hydrogen) atoms. The highest BCUT2D eigenvalue weighted by atomic mass is 16.4. The maximum absolute atomic E-state index is 12.9. The number of rotatable bonds is 6. The molecule has 2 aromatic heterocycles. The van der Waals surface area contributed by atoms with Gasteiger partial charge < -0.3 is 19.5 Å². The van der Waals surface area contributed by atoms with Gasteiger partial charge in [0, 0.05) is 44.0 Å². The van der Waals surface area contributed by atoms with Crippen LogP contribution in [0.15, 0.2) is 24.8 Å². The number of hydrogen-bond donors (Lipinski definition) is 2. The van der Waals surface area contributed by atoms with E-state index < -0.39 is 17.5 Å². The largest absolute Gasteiger partial charge is 0.481 e. The average Bonchev–Trinajstić information content (AvgIpc) is 3.35. The number of likely N-dealkylation sites (tertiary alicyclic amines) is 1. The molecule has 150 valence electrons. The minimum atomic E-state index is -0.838. The molecule has 0 radical (unpaired) electrons. The smallest absolute Gasteiger partial charge is 0.303 e. The summed E-state index contributed by atoms with van der Waals surface area (Å²) in [5, 5.41) is 19.7. The fourth-order valence-corrected chi connectivity index (χ4v) is 4.80. The first kappa shape index (κ1) is 18.9. The second-order valence-electron chi connectivity index (χ2n) is 8.36. The highest BCUT2D eigenvalue weighted by Gasteiger charge is 2.41. The molecule has 1 saturated heterocycles. The summed E-state index contributed by atoms with van der Waals surface area (Å²) in [4.78, 5) is 34.4. The lowest BCUT2D eigenvalue weighted by Gasteiger charge is -2.29. The molecule has 2 atom stereocenters. The Labute approximate surface area is 163 Å². The van der Waals surface area contributed by atoms with E-state index in [4.69, 9.17) is 0 Å². The SMILES string of the molecule is O=C(O)CC1(CC(=O)N2C[C@H](Cc3cn4ccnc4cn3)[C@H](O)C2)CCCC1. The van der Waals surface area contributed by atoms with Crippen molar-refractivity contribution < 1.29 is 19.8 Å². The number of nitrogens with zero attached hydrogens (tertiary/aromatic N) is 4. The number of hydrogen-bond acceptors (Lipinski definition) is 5. The summed E-state index contributed by atoms with van der Waals surface area (Å²) in [5.74, 6) is -0.950. The topological polar surface area (TPSA) is 108 Å². The number of fused-ring (bicyclic) bond motifs is 1. The van der Waals surface area contributed by atoms with Crippen molar-refractivity contribution in [3.63, 3.8) is 0 Å². The Kier molecular flexibility index (Phi) is 5.05. The van der Waals surface area contributed by atoms with Gasteiger partial charge in [-0.1, -0.05) is 12.8 Å². The zero-order valence-corrected chi connectivity index (χ0v) is 15.8. The molecule has 8 heteroatoms. The summed E-state index contributed by atoms with van der Waals surface area (Å²) in [6.07, 6.45) is 11.0. The summed E-state index contributed by atoms with van der Waals surface area (Å²) in [6.45, 7) is 0.784. The third kappa shape index (κ3) is 3.87. The number of aliphatic carboxylic acids is 1. The molecule has 1 aliphatic carbocycles. The molecule has 0 bridgehead atoms. The predicted molar refractivity (Wildman–Crippen MR) is 101 cm³/mol. The van der Waals surface area contributed by atoms with Gasteiger partial charge >= 0.3 is 5.97 Å². The van der Waals surface area contributed by atoms with E-state index in [9.17, 15) is 19.8 Å². The molecule has 1 saturated carbocycles. The number of amides is 1. The van der Waals surface area contributed by atoms with E-state index in [0.29, 0.717) is 19.5 Å². The van der Waals surface area contributed by atoms with Gasteiger partial charge in [-0.3, -0.25) is 14.6 Å². The maximum atomic E-state index is 12.9. The van der Waals surface area contributed by atoms with E-state index in [-0.39, 0.29) is 24.7 Å². The minimum absolute atomic E-state index is 0.0391. The predicted octanol–water partition coefficient (Wildman–Crippen LogP) is 1.52. The molecule has 2 aliphatic rings. The summed E-state index contributed by atoms with van der Waals surface area (Å²) < 4.78 is 1.89. The Morgan fingerprint density at radius 1 is 1.18 bits per heavy atom. The van der Waals surface area contributed by atoms with Crippen LogP contribution in [0.25, 0.3) is 5.65 Å². The molecule has 0 aromatic carbocycles. The molecule has 2 aromatic rings.